The van der Waals surface area contributed by atoms with Crippen molar-refractivity contribution in [1.29, 1.82) is 0 Å². The van der Waals surface area contributed by atoms with Crippen molar-refractivity contribution in [3.05, 3.63) is 22.7 Å². The van der Waals surface area contributed by atoms with Crippen LogP contribution in [0.1, 0.15) is 5.56 Å². The molecular formula is C7H7ClKNO3S. The summed E-state index contributed by atoms with van der Waals surface area (Å²) in [5.74, 6) is 0. The fourth-order valence-corrected chi connectivity index (χ4v) is 1.87. The predicted octanol–water partition coefficient (Wildman–Crippen LogP) is -1.86. The molecule has 0 saturated heterocycles. The van der Waals surface area contributed by atoms with E-state index in [1.165, 1.54) is 13.0 Å². The minimum atomic E-state index is -4.46. The zero-order valence-electron chi connectivity index (χ0n) is 7.74. The fourth-order valence-electron chi connectivity index (χ4n) is 0.946. The van der Waals surface area contributed by atoms with Crippen LogP contribution in [-0.4, -0.2) is 13.0 Å². The van der Waals surface area contributed by atoms with E-state index in [0.717, 1.165) is 6.07 Å². The van der Waals surface area contributed by atoms with Gasteiger partial charge in [-0.05, 0) is 24.6 Å². The van der Waals surface area contributed by atoms with E-state index in [-0.39, 0.29) is 72.6 Å². The molecular weight excluding hydrogens is 253 g/mol. The van der Waals surface area contributed by atoms with Gasteiger partial charge in [-0.3, -0.25) is 0 Å². The molecule has 7 heteroatoms. The van der Waals surface area contributed by atoms with Gasteiger partial charge >= 0.3 is 51.4 Å². The first-order chi connectivity index (χ1) is 5.84. The summed E-state index contributed by atoms with van der Waals surface area (Å²) < 4.78 is 32.0. The molecule has 0 bridgehead atoms. The Morgan fingerprint density at radius 3 is 2.36 bits per heavy atom. The molecule has 0 saturated carbocycles. The van der Waals surface area contributed by atoms with E-state index >= 15 is 0 Å². The van der Waals surface area contributed by atoms with Crippen molar-refractivity contribution in [1.82, 2.24) is 0 Å². The van der Waals surface area contributed by atoms with E-state index in [1.807, 2.05) is 0 Å². The summed E-state index contributed by atoms with van der Waals surface area (Å²) in [6.07, 6.45) is 0. The van der Waals surface area contributed by atoms with Gasteiger partial charge in [0.2, 0.25) is 0 Å². The zero-order valence-corrected chi connectivity index (χ0v) is 12.4. The Labute approximate surface area is 130 Å². The maximum absolute atomic E-state index is 10.7. The summed E-state index contributed by atoms with van der Waals surface area (Å²) in [5.41, 5.74) is 5.76. The number of halogens is 1. The summed E-state index contributed by atoms with van der Waals surface area (Å²) in [4.78, 5) is -0.325. The van der Waals surface area contributed by atoms with Crippen LogP contribution < -0.4 is 57.1 Å². The van der Waals surface area contributed by atoms with Crippen LogP contribution in [0, 0.1) is 6.92 Å². The van der Waals surface area contributed by atoms with Crippen molar-refractivity contribution < 1.29 is 64.4 Å². The summed E-state index contributed by atoms with van der Waals surface area (Å²) in [6.45, 7) is 1.44. The molecule has 72 valence electrons. The maximum atomic E-state index is 10.7. The second-order valence-electron chi connectivity index (χ2n) is 2.54. The second kappa shape index (κ2) is 5.27. The van der Waals surface area contributed by atoms with Gasteiger partial charge in [-0.25, -0.2) is 8.42 Å². The molecule has 2 N–H and O–H groups in total. The molecule has 1 rings (SSSR count). The van der Waals surface area contributed by atoms with Crippen LogP contribution in [0.4, 0.5) is 5.69 Å². The van der Waals surface area contributed by atoms with Crippen LogP contribution in [0.2, 0.25) is 5.02 Å². The minimum absolute atomic E-state index is 0. The molecule has 0 unspecified atom stereocenters. The SMILES string of the molecule is Cc1c(S(=O)(=O)[O-])ccc(Cl)c1N.[K+]. The van der Waals surface area contributed by atoms with Gasteiger partial charge in [-0.1, -0.05) is 11.6 Å². The zero-order chi connectivity index (χ0) is 10.2. The van der Waals surface area contributed by atoms with Crippen LogP contribution in [0.15, 0.2) is 17.0 Å². The Kier molecular flexibility index (Phi) is 5.59. The first kappa shape index (κ1) is 14.9. The third-order valence-electron chi connectivity index (χ3n) is 1.68. The molecule has 1 aromatic rings. The summed E-state index contributed by atoms with van der Waals surface area (Å²) in [5, 5.41) is 0.241. The quantitative estimate of drug-likeness (QED) is 0.364. The molecule has 0 fully saturated rings. The van der Waals surface area contributed by atoms with Crippen molar-refractivity contribution in [3.8, 4) is 0 Å². The van der Waals surface area contributed by atoms with E-state index in [1.54, 1.807) is 0 Å². The number of nitrogens with two attached hydrogens (primary N) is 1. The van der Waals surface area contributed by atoms with Crippen LogP contribution in [0.25, 0.3) is 0 Å². The third kappa shape index (κ3) is 3.18. The van der Waals surface area contributed by atoms with Crippen molar-refractivity contribution >= 4 is 27.4 Å². The van der Waals surface area contributed by atoms with Gasteiger partial charge in [0, 0.05) is 0 Å². The molecule has 0 atom stereocenters. The number of anilines is 1. The third-order valence-corrected chi connectivity index (χ3v) is 2.99. The number of hydrogen-bond donors (Lipinski definition) is 1. The van der Waals surface area contributed by atoms with E-state index < -0.39 is 10.1 Å². The average molecular weight is 260 g/mol. The van der Waals surface area contributed by atoms with E-state index in [9.17, 15) is 13.0 Å². The Balaban J connectivity index is 0.00000169. The number of benzene rings is 1. The fraction of sp³-hybridized carbons (Fsp3) is 0.143. The van der Waals surface area contributed by atoms with Gasteiger partial charge < -0.3 is 10.3 Å². The van der Waals surface area contributed by atoms with Crippen molar-refractivity contribution in [2.45, 2.75) is 11.8 Å². The normalized spacial score (nSPS) is 10.8. The van der Waals surface area contributed by atoms with Gasteiger partial charge in [0.05, 0.1) is 15.6 Å². The molecule has 0 heterocycles. The predicted molar refractivity (Wildman–Crippen MR) is 48.6 cm³/mol. The van der Waals surface area contributed by atoms with Crippen molar-refractivity contribution in [2.24, 2.45) is 0 Å². The molecule has 0 aliphatic carbocycles. The monoisotopic (exact) mass is 259 g/mol. The smallest absolute Gasteiger partial charge is 0.744 e. The molecule has 0 aliphatic rings. The first-order valence-electron chi connectivity index (χ1n) is 3.34. The van der Waals surface area contributed by atoms with Crippen LogP contribution in [-0.2, 0) is 10.1 Å². The summed E-state index contributed by atoms with van der Waals surface area (Å²) >= 11 is 5.61. The first-order valence-corrected chi connectivity index (χ1v) is 5.13. The Morgan fingerprint density at radius 2 is 1.93 bits per heavy atom. The molecule has 0 amide bonds. The maximum Gasteiger partial charge on any atom is 1.00 e. The standard InChI is InChI=1S/C7H8ClNO3S.K/c1-4-6(13(10,11)12)3-2-5(8)7(4)9;/h2-3H,9H2,1H3,(H,10,11,12);/q;+1/p-1. The average Bonchev–Trinajstić information content (AvgIpc) is 1.98. The van der Waals surface area contributed by atoms with Gasteiger partial charge in [0.1, 0.15) is 10.1 Å². The molecule has 0 spiro atoms. The van der Waals surface area contributed by atoms with Crippen molar-refractivity contribution in [3.63, 3.8) is 0 Å². The largest absolute Gasteiger partial charge is 1.00 e. The Morgan fingerprint density at radius 1 is 1.43 bits per heavy atom. The molecule has 14 heavy (non-hydrogen) atoms. The van der Waals surface area contributed by atoms with Gasteiger partial charge in [0.15, 0.2) is 0 Å². The van der Waals surface area contributed by atoms with E-state index in [2.05, 4.69) is 0 Å². The number of nitrogen functional groups attached to an aromatic ring is 1. The molecule has 0 radical (unpaired) electrons. The second-order valence-corrected chi connectivity index (χ2v) is 4.29. The topological polar surface area (TPSA) is 83.2 Å². The van der Waals surface area contributed by atoms with Gasteiger partial charge in [0.25, 0.3) is 0 Å². The Hall–Kier alpha value is 0.856. The number of hydrogen-bond acceptors (Lipinski definition) is 4. The van der Waals surface area contributed by atoms with Crippen molar-refractivity contribution in [2.75, 3.05) is 5.73 Å². The Bertz CT molecular complexity index is 446. The molecule has 4 nitrogen and oxygen atoms in total. The van der Waals surface area contributed by atoms with Gasteiger partial charge in [-0.2, -0.15) is 0 Å². The number of rotatable bonds is 1. The molecule has 1 aromatic carbocycles. The van der Waals surface area contributed by atoms with E-state index in [4.69, 9.17) is 17.3 Å². The summed E-state index contributed by atoms with van der Waals surface area (Å²) in [6, 6.07) is 2.44. The van der Waals surface area contributed by atoms with Crippen LogP contribution in [0.3, 0.4) is 0 Å². The minimum Gasteiger partial charge on any atom is -0.744 e. The molecule has 0 aromatic heterocycles. The molecule has 0 aliphatic heterocycles. The summed E-state index contributed by atoms with van der Waals surface area (Å²) in [7, 11) is -4.46. The van der Waals surface area contributed by atoms with E-state index in [0.29, 0.717) is 0 Å². The van der Waals surface area contributed by atoms with Gasteiger partial charge in [-0.15, -0.1) is 0 Å². The van der Waals surface area contributed by atoms with Crippen LogP contribution >= 0.6 is 11.6 Å². The van der Waals surface area contributed by atoms with Crippen LogP contribution in [0.5, 0.6) is 0 Å².